The molecule has 9 heteroatoms. The number of hydrogen-bond acceptors (Lipinski definition) is 5. The summed E-state index contributed by atoms with van der Waals surface area (Å²) in [6.45, 7) is 0. The fourth-order valence-corrected chi connectivity index (χ4v) is 3.48. The van der Waals surface area contributed by atoms with Gasteiger partial charge in [0.15, 0.2) is 0 Å². The molecule has 3 rings (SSSR count). The van der Waals surface area contributed by atoms with Gasteiger partial charge in [-0.2, -0.15) is 0 Å². The number of rotatable bonds is 3. The van der Waals surface area contributed by atoms with Crippen molar-refractivity contribution in [1.82, 2.24) is 9.55 Å². The zero-order chi connectivity index (χ0) is 16.6. The topological polar surface area (TPSA) is 95.0 Å². The number of hydrogen-bond donors (Lipinski definition) is 1. The van der Waals surface area contributed by atoms with Gasteiger partial charge in [0, 0.05) is 17.1 Å². The van der Waals surface area contributed by atoms with Gasteiger partial charge in [-0.25, -0.2) is 17.9 Å². The molecule has 2 N–H and O–H groups in total. The van der Waals surface area contributed by atoms with Crippen LogP contribution in [0.2, 0.25) is 0 Å². The first-order valence-electron chi connectivity index (χ1n) is 6.31. The maximum atomic E-state index is 14.0. The van der Waals surface area contributed by atoms with Gasteiger partial charge < -0.3 is 0 Å². The molecule has 0 radical (unpaired) electrons. The van der Waals surface area contributed by atoms with E-state index in [0.717, 1.165) is 23.5 Å². The minimum atomic E-state index is -4.14. The summed E-state index contributed by atoms with van der Waals surface area (Å²) in [7, 11) is -4.14. The molecular weight excluding hydrogens is 341 g/mol. The summed E-state index contributed by atoms with van der Waals surface area (Å²) in [6.07, 6.45) is 3.08. The lowest BCUT2D eigenvalue weighted by Gasteiger charge is -2.08. The second-order valence-electron chi connectivity index (χ2n) is 4.62. The number of sulfonamides is 1. The van der Waals surface area contributed by atoms with E-state index < -0.39 is 20.7 Å². The maximum absolute atomic E-state index is 14.0. The number of nitrogens with zero attached hydrogens (tertiary/aromatic N) is 2. The Morgan fingerprint density at radius 1 is 1.26 bits per heavy atom. The van der Waals surface area contributed by atoms with Crippen LogP contribution < -0.4 is 10.0 Å². The molecule has 0 aliphatic carbocycles. The molecule has 0 bridgehead atoms. The molecule has 0 aliphatic rings. The highest BCUT2D eigenvalue weighted by Gasteiger charge is 2.17. The molecular formula is C14H10FN3O3S2. The van der Waals surface area contributed by atoms with Crippen LogP contribution >= 0.6 is 11.3 Å². The van der Waals surface area contributed by atoms with Crippen molar-refractivity contribution in [3.63, 3.8) is 0 Å². The van der Waals surface area contributed by atoms with Crippen LogP contribution in [0.1, 0.15) is 0 Å². The van der Waals surface area contributed by atoms with Crippen molar-refractivity contribution in [2.75, 3.05) is 0 Å². The van der Waals surface area contributed by atoms with Gasteiger partial charge in [0.25, 0.3) is 0 Å². The van der Waals surface area contributed by atoms with Gasteiger partial charge in [-0.1, -0.05) is 17.4 Å². The SMILES string of the molecule is NS(=O)(=O)c1ccc(-c2csc(=O)n2-c2cccnc2)cc1F. The second-order valence-corrected chi connectivity index (χ2v) is 6.97. The summed E-state index contributed by atoms with van der Waals surface area (Å²) in [5.41, 5.74) is 1.33. The van der Waals surface area contributed by atoms with Crippen LogP contribution in [0.5, 0.6) is 0 Å². The zero-order valence-corrected chi connectivity index (χ0v) is 13.1. The van der Waals surface area contributed by atoms with Crippen LogP contribution in [0.3, 0.4) is 0 Å². The number of thiazole rings is 1. The van der Waals surface area contributed by atoms with Gasteiger partial charge in [0.05, 0.1) is 17.6 Å². The molecule has 0 amide bonds. The summed E-state index contributed by atoms with van der Waals surface area (Å²) in [4.78, 5) is 15.2. The van der Waals surface area contributed by atoms with Crippen LogP contribution in [0, 0.1) is 5.82 Å². The Morgan fingerprint density at radius 3 is 2.65 bits per heavy atom. The van der Waals surface area contributed by atoms with E-state index in [9.17, 15) is 17.6 Å². The Morgan fingerprint density at radius 2 is 2.04 bits per heavy atom. The van der Waals surface area contributed by atoms with Crippen molar-refractivity contribution in [1.29, 1.82) is 0 Å². The summed E-state index contributed by atoms with van der Waals surface area (Å²) in [5, 5.41) is 6.51. The Labute approximate surface area is 134 Å². The van der Waals surface area contributed by atoms with Crippen LogP contribution in [0.4, 0.5) is 4.39 Å². The van der Waals surface area contributed by atoms with Gasteiger partial charge in [-0.15, -0.1) is 0 Å². The average Bonchev–Trinajstić information content (AvgIpc) is 2.88. The van der Waals surface area contributed by atoms with Crippen molar-refractivity contribution >= 4 is 21.4 Å². The summed E-state index contributed by atoms with van der Waals surface area (Å²) >= 11 is 0.951. The minimum absolute atomic E-state index is 0.260. The van der Waals surface area contributed by atoms with E-state index in [0.29, 0.717) is 16.9 Å². The van der Waals surface area contributed by atoms with Crippen molar-refractivity contribution in [2.24, 2.45) is 5.14 Å². The van der Waals surface area contributed by atoms with Crippen molar-refractivity contribution in [3.05, 3.63) is 63.6 Å². The standard InChI is InChI=1S/C14H10FN3O3S2/c15-11-6-9(3-4-13(11)23(16,20)21)12-8-22-14(19)18(12)10-2-1-5-17-7-10/h1-8H,(H2,16,20,21). The zero-order valence-electron chi connectivity index (χ0n) is 11.5. The number of primary sulfonamides is 1. The Bertz CT molecular complexity index is 1030. The second kappa shape index (κ2) is 5.69. The molecule has 118 valence electrons. The molecule has 3 aromatic rings. The third-order valence-corrected chi connectivity index (χ3v) is 4.80. The molecule has 1 aromatic carbocycles. The van der Waals surface area contributed by atoms with E-state index in [2.05, 4.69) is 4.98 Å². The molecule has 2 heterocycles. The summed E-state index contributed by atoms with van der Waals surface area (Å²) in [6, 6.07) is 6.88. The Hall–Kier alpha value is -2.36. The molecule has 0 spiro atoms. The van der Waals surface area contributed by atoms with E-state index in [1.807, 2.05) is 0 Å². The lowest BCUT2D eigenvalue weighted by atomic mass is 10.1. The molecule has 0 unspecified atom stereocenters. The van der Waals surface area contributed by atoms with Gasteiger partial charge in [0.1, 0.15) is 10.7 Å². The van der Waals surface area contributed by atoms with E-state index in [-0.39, 0.29) is 4.87 Å². The average molecular weight is 351 g/mol. The fraction of sp³-hybridized carbons (Fsp3) is 0. The number of nitrogens with two attached hydrogens (primary N) is 1. The van der Waals surface area contributed by atoms with Gasteiger partial charge >= 0.3 is 4.87 Å². The van der Waals surface area contributed by atoms with Gasteiger partial charge in [-0.3, -0.25) is 14.3 Å². The van der Waals surface area contributed by atoms with E-state index in [4.69, 9.17) is 5.14 Å². The molecule has 6 nitrogen and oxygen atoms in total. The first-order chi connectivity index (χ1) is 10.9. The highest BCUT2D eigenvalue weighted by atomic mass is 32.2. The molecule has 2 aromatic heterocycles. The van der Waals surface area contributed by atoms with Crippen molar-refractivity contribution < 1.29 is 12.8 Å². The van der Waals surface area contributed by atoms with Crippen LogP contribution in [0.15, 0.2) is 57.8 Å². The Kier molecular flexibility index (Phi) is 3.84. The first kappa shape index (κ1) is 15.5. The number of aromatic nitrogens is 2. The molecule has 0 fully saturated rings. The number of benzene rings is 1. The van der Waals surface area contributed by atoms with E-state index in [1.54, 1.807) is 23.7 Å². The quantitative estimate of drug-likeness (QED) is 0.778. The lowest BCUT2D eigenvalue weighted by Crippen LogP contribution is -2.14. The van der Waals surface area contributed by atoms with Crippen LogP contribution in [0.25, 0.3) is 16.9 Å². The maximum Gasteiger partial charge on any atom is 0.312 e. The largest absolute Gasteiger partial charge is 0.312 e. The Balaban J connectivity index is 2.18. The van der Waals surface area contributed by atoms with Gasteiger partial charge in [-0.05, 0) is 24.3 Å². The number of halogens is 1. The third-order valence-electron chi connectivity index (χ3n) is 3.13. The predicted octanol–water partition coefficient (Wildman–Crippen LogP) is 1.75. The molecule has 0 saturated carbocycles. The van der Waals surface area contributed by atoms with Gasteiger partial charge in [0.2, 0.25) is 10.0 Å². The minimum Gasteiger partial charge on any atom is -0.266 e. The monoisotopic (exact) mass is 351 g/mol. The van der Waals surface area contributed by atoms with Crippen molar-refractivity contribution in [3.8, 4) is 16.9 Å². The van der Waals surface area contributed by atoms with E-state index >= 15 is 0 Å². The lowest BCUT2D eigenvalue weighted by molar-refractivity contribution is 0.568. The predicted molar refractivity (Wildman–Crippen MR) is 84.5 cm³/mol. The first-order valence-corrected chi connectivity index (χ1v) is 8.74. The van der Waals surface area contributed by atoms with Crippen LogP contribution in [-0.4, -0.2) is 18.0 Å². The summed E-state index contributed by atoms with van der Waals surface area (Å²) in [5.74, 6) is -0.971. The smallest absolute Gasteiger partial charge is 0.266 e. The molecule has 0 saturated heterocycles. The highest BCUT2D eigenvalue weighted by Crippen LogP contribution is 2.26. The third kappa shape index (κ3) is 2.93. The number of pyridine rings is 1. The molecule has 0 aliphatic heterocycles. The molecule has 23 heavy (non-hydrogen) atoms. The summed E-state index contributed by atoms with van der Waals surface area (Å²) < 4.78 is 37.9. The van der Waals surface area contributed by atoms with Crippen LogP contribution in [-0.2, 0) is 10.0 Å². The van der Waals surface area contributed by atoms with E-state index in [1.165, 1.54) is 16.8 Å². The highest BCUT2D eigenvalue weighted by molar-refractivity contribution is 7.89. The molecule has 0 atom stereocenters. The van der Waals surface area contributed by atoms with Crippen molar-refractivity contribution in [2.45, 2.75) is 4.90 Å². The normalized spacial score (nSPS) is 11.6. The fourth-order valence-electron chi connectivity index (χ4n) is 2.13.